The molecule has 0 unspecified atom stereocenters. The minimum absolute atomic E-state index is 0.0404. The number of aryl methyl sites for hydroxylation is 1. The van der Waals surface area contributed by atoms with Gasteiger partial charge in [0.25, 0.3) is 0 Å². The Morgan fingerprint density at radius 3 is 2.57 bits per heavy atom. The average Bonchev–Trinajstić information content (AvgIpc) is 2.64. The normalized spacial score (nSPS) is 10.4. The van der Waals surface area contributed by atoms with Gasteiger partial charge in [0.2, 0.25) is 0 Å². The standard InChI is InChI=1S/C22H20F2N2O2/c1-3-25-16-5-4-6-17(12-16)28-22-11-15(23)10-21(18(22)13-27)26-20-8-7-14(2)9-19(20)24/h4-13,25-26H,3H2,1-2H3. The fourth-order valence-corrected chi connectivity index (χ4v) is 2.77. The second kappa shape index (κ2) is 8.52. The van der Waals surface area contributed by atoms with Crippen molar-refractivity contribution in [2.24, 2.45) is 0 Å². The van der Waals surface area contributed by atoms with Crippen molar-refractivity contribution in [1.29, 1.82) is 0 Å². The Labute approximate surface area is 162 Å². The lowest BCUT2D eigenvalue weighted by molar-refractivity contribution is 0.112. The number of halogens is 2. The molecule has 0 aromatic heterocycles. The molecule has 0 spiro atoms. The first-order chi connectivity index (χ1) is 13.5. The number of aldehydes is 1. The van der Waals surface area contributed by atoms with Crippen molar-refractivity contribution < 1.29 is 18.3 Å². The van der Waals surface area contributed by atoms with Gasteiger partial charge in [-0.15, -0.1) is 0 Å². The fraction of sp³-hybridized carbons (Fsp3) is 0.136. The van der Waals surface area contributed by atoms with Gasteiger partial charge in [-0.25, -0.2) is 8.78 Å². The van der Waals surface area contributed by atoms with Gasteiger partial charge in [0.1, 0.15) is 23.1 Å². The summed E-state index contributed by atoms with van der Waals surface area (Å²) in [4.78, 5) is 11.7. The van der Waals surface area contributed by atoms with Crippen LogP contribution in [-0.4, -0.2) is 12.8 Å². The minimum Gasteiger partial charge on any atom is -0.456 e. The second-order valence-corrected chi connectivity index (χ2v) is 6.25. The minimum atomic E-state index is -0.613. The molecule has 0 aliphatic heterocycles. The summed E-state index contributed by atoms with van der Waals surface area (Å²) in [5.41, 5.74) is 1.94. The van der Waals surface area contributed by atoms with Crippen LogP contribution in [0.15, 0.2) is 54.6 Å². The maximum absolute atomic E-state index is 14.2. The molecule has 3 rings (SSSR count). The number of hydrogen-bond donors (Lipinski definition) is 2. The first-order valence-corrected chi connectivity index (χ1v) is 8.84. The van der Waals surface area contributed by atoms with Crippen molar-refractivity contribution in [3.05, 3.63) is 77.4 Å². The topological polar surface area (TPSA) is 50.4 Å². The highest BCUT2D eigenvalue weighted by Gasteiger charge is 2.15. The van der Waals surface area contributed by atoms with Crippen molar-refractivity contribution in [1.82, 2.24) is 0 Å². The molecule has 28 heavy (non-hydrogen) atoms. The lowest BCUT2D eigenvalue weighted by atomic mass is 10.1. The van der Waals surface area contributed by atoms with Gasteiger partial charge in [0.15, 0.2) is 6.29 Å². The highest BCUT2D eigenvalue weighted by molar-refractivity contribution is 5.90. The molecule has 0 fully saturated rings. The van der Waals surface area contributed by atoms with Gasteiger partial charge in [0.05, 0.1) is 16.9 Å². The van der Waals surface area contributed by atoms with Crippen molar-refractivity contribution in [3.63, 3.8) is 0 Å². The van der Waals surface area contributed by atoms with Crippen LogP contribution in [0.25, 0.3) is 0 Å². The maximum atomic E-state index is 14.2. The van der Waals surface area contributed by atoms with Crippen LogP contribution in [-0.2, 0) is 0 Å². The number of carbonyl (C=O) groups is 1. The van der Waals surface area contributed by atoms with Crippen molar-refractivity contribution in [2.75, 3.05) is 17.2 Å². The predicted octanol–water partition coefficient (Wildman–Crippen LogP) is 6.05. The third-order valence-electron chi connectivity index (χ3n) is 4.06. The van der Waals surface area contributed by atoms with Crippen LogP contribution in [0.3, 0.4) is 0 Å². The van der Waals surface area contributed by atoms with Gasteiger partial charge >= 0.3 is 0 Å². The number of hydrogen-bond acceptors (Lipinski definition) is 4. The molecule has 0 aliphatic carbocycles. The summed E-state index contributed by atoms with van der Waals surface area (Å²) in [6, 6.07) is 14.0. The maximum Gasteiger partial charge on any atom is 0.155 e. The molecule has 144 valence electrons. The van der Waals surface area contributed by atoms with E-state index in [-0.39, 0.29) is 22.7 Å². The highest BCUT2D eigenvalue weighted by atomic mass is 19.1. The van der Waals surface area contributed by atoms with Crippen LogP contribution < -0.4 is 15.4 Å². The first-order valence-electron chi connectivity index (χ1n) is 8.84. The largest absolute Gasteiger partial charge is 0.456 e. The number of carbonyl (C=O) groups excluding carboxylic acids is 1. The van der Waals surface area contributed by atoms with Gasteiger partial charge in [-0.05, 0) is 49.7 Å². The molecule has 2 N–H and O–H groups in total. The van der Waals surface area contributed by atoms with E-state index in [0.717, 1.165) is 29.9 Å². The molecule has 3 aromatic rings. The predicted molar refractivity (Wildman–Crippen MR) is 107 cm³/mol. The van der Waals surface area contributed by atoms with E-state index in [0.29, 0.717) is 12.0 Å². The monoisotopic (exact) mass is 382 g/mol. The van der Waals surface area contributed by atoms with Crippen LogP contribution >= 0.6 is 0 Å². The number of rotatable bonds is 7. The summed E-state index contributed by atoms with van der Waals surface area (Å²) in [6.45, 7) is 4.46. The van der Waals surface area contributed by atoms with Crippen molar-refractivity contribution >= 4 is 23.3 Å². The van der Waals surface area contributed by atoms with Gasteiger partial charge in [-0.3, -0.25) is 4.79 Å². The Balaban J connectivity index is 1.96. The van der Waals surface area contributed by atoms with Gasteiger partial charge in [-0.1, -0.05) is 12.1 Å². The van der Waals surface area contributed by atoms with E-state index in [1.165, 1.54) is 12.1 Å². The third kappa shape index (κ3) is 4.46. The zero-order valence-corrected chi connectivity index (χ0v) is 15.6. The van der Waals surface area contributed by atoms with Crippen molar-refractivity contribution in [3.8, 4) is 11.5 Å². The molecular formula is C22H20F2N2O2. The molecule has 3 aromatic carbocycles. The van der Waals surface area contributed by atoms with E-state index in [2.05, 4.69) is 10.6 Å². The van der Waals surface area contributed by atoms with Crippen LogP contribution in [0.1, 0.15) is 22.8 Å². The third-order valence-corrected chi connectivity index (χ3v) is 4.06. The summed E-state index contributed by atoms with van der Waals surface area (Å²) in [5.74, 6) is -0.626. The first kappa shape index (κ1) is 19.4. The summed E-state index contributed by atoms with van der Waals surface area (Å²) in [5, 5.41) is 5.93. The zero-order valence-electron chi connectivity index (χ0n) is 15.6. The summed E-state index contributed by atoms with van der Waals surface area (Å²) >= 11 is 0. The molecule has 0 atom stereocenters. The number of anilines is 3. The van der Waals surface area contributed by atoms with Crippen molar-refractivity contribution in [2.45, 2.75) is 13.8 Å². The van der Waals surface area contributed by atoms with E-state index in [1.807, 2.05) is 13.0 Å². The molecule has 0 heterocycles. The Hall–Kier alpha value is -3.41. The quantitative estimate of drug-likeness (QED) is 0.488. The Morgan fingerprint density at radius 1 is 1.04 bits per heavy atom. The van der Waals surface area contributed by atoms with E-state index in [4.69, 9.17) is 4.74 Å². The molecule has 0 aliphatic rings. The number of nitrogens with one attached hydrogen (secondary N) is 2. The number of benzene rings is 3. The van der Waals surface area contributed by atoms with E-state index >= 15 is 0 Å². The van der Waals surface area contributed by atoms with Crippen LogP contribution in [0.5, 0.6) is 11.5 Å². The molecule has 0 amide bonds. The Morgan fingerprint density at radius 2 is 1.86 bits per heavy atom. The van der Waals surface area contributed by atoms with Crippen LogP contribution in [0.4, 0.5) is 25.8 Å². The average molecular weight is 382 g/mol. The Bertz CT molecular complexity index is 1010. The summed E-state index contributed by atoms with van der Waals surface area (Å²) in [6.07, 6.45) is 0.553. The van der Waals surface area contributed by atoms with Gasteiger partial charge in [0, 0.05) is 24.4 Å². The lowest BCUT2D eigenvalue weighted by Gasteiger charge is -2.15. The molecule has 0 saturated carbocycles. The molecular weight excluding hydrogens is 362 g/mol. The van der Waals surface area contributed by atoms with Gasteiger partial charge < -0.3 is 15.4 Å². The molecule has 0 bridgehead atoms. The molecule has 6 heteroatoms. The van der Waals surface area contributed by atoms with E-state index < -0.39 is 11.6 Å². The zero-order chi connectivity index (χ0) is 20.1. The number of ether oxygens (including phenoxy) is 1. The smallest absolute Gasteiger partial charge is 0.155 e. The van der Waals surface area contributed by atoms with Gasteiger partial charge in [-0.2, -0.15) is 0 Å². The highest BCUT2D eigenvalue weighted by Crippen LogP contribution is 2.33. The molecule has 0 saturated heterocycles. The lowest BCUT2D eigenvalue weighted by Crippen LogP contribution is -2.02. The van der Waals surface area contributed by atoms with Crippen LogP contribution in [0.2, 0.25) is 0 Å². The van der Waals surface area contributed by atoms with E-state index in [1.54, 1.807) is 31.2 Å². The summed E-state index contributed by atoms with van der Waals surface area (Å²) < 4.78 is 34.1. The fourth-order valence-electron chi connectivity index (χ4n) is 2.77. The summed E-state index contributed by atoms with van der Waals surface area (Å²) in [7, 11) is 0. The van der Waals surface area contributed by atoms with Crippen LogP contribution in [0, 0.1) is 18.6 Å². The molecule has 0 radical (unpaired) electrons. The Kier molecular flexibility index (Phi) is 5.89. The SMILES string of the molecule is CCNc1cccc(Oc2cc(F)cc(Nc3ccc(C)cc3F)c2C=O)c1. The van der Waals surface area contributed by atoms with E-state index in [9.17, 15) is 13.6 Å². The second-order valence-electron chi connectivity index (χ2n) is 6.25. The molecule has 4 nitrogen and oxygen atoms in total.